The Bertz CT molecular complexity index is 228. The number of rotatable bonds is 1. The molecule has 0 amide bonds. The van der Waals surface area contributed by atoms with E-state index in [0.717, 1.165) is 5.57 Å². The molecule has 0 bridgehead atoms. The highest BCUT2D eigenvalue weighted by Crippen LogP contribution is 2.27. The van der Waals surface area contributed by atoms with Crippen LogP contribution in [0.1, 0.15) is 13.8 Å². The normalized spacial score (nSPS) is 36.6. The van der Waals surface area contributed by atoms with Crippen molar-refractivity contribution in [3.63, 3.8) is 0 Å². The summed E-state index contributed by atoms with van der Waals surface area (Å²) in [5.41, 5.74) is -0.249. The highest BCUT2D eigenvalue weighted by molar-refractivity contribution is 5.68. The molecule has 0 aromatic rings. The van der Waals surface area contributed by atoms with Gasteiger partial charge in [0, 0.05) is 5.92 Å². The minimum atomic E-state index is -1.28. The Labute approximate surface area is 66.2 Å². The highest BCUT2D eigenvalue weighted by Gasteiger charge is 2.32. The lowest BCUT2D eigenvalue weighted by Gasteiger charge is -2.28. The lowest BCUT2D eigenvalue weighted by molar-refractivity contribution is -0.122. The molecule has 60 valence electrons. The molecule has 2 heteroatoms. The first kappa shape index (κ1) is 8.21. The van der Waals surface area contributed by atoms with E-state index in [0.29, 0.717) is 6.29 Å². The van der Waals surface area contributed by atoms with Crippen molar-refractivity contribution in [3.05, 3.63) is 23.8 Å². The van der Waals surface area contributed by atoms with Gasteiger partial charge in [-0.15, -0.1) is 0 Å². The maximum atomic E-state index is 10.5. The van der Waals surface area contributed by atoms with E-state index in [1.54, 1.807) is 6.08 Å². The number of aliphatic hydroxyl groups is 1. The largest absolute Gasteiger partial charge is 0.378 e. The zero-order chi connectivity index (χ0) is 8.48. The Morgan fingerprint density at radius 2 is 2.36 bits per heavy atom. The quantitative estimate of drug-likeness (QED) is 0.570. The molecule has 0 saturated heterocycles. The fraction of sp³-hybridized carbons (Fsp3) is 0.444. The monoisotopic (exact) mass is 152 g/mol. The maximum Gasteiger partial charge on any atom is 0.156 e. The Morgan fingerprint density at radius 1 is 1.73 bits per heavy atom. The van der Waals surface area contributed by atoms with Crippen LogP contribution < -0.4 is 0 Å². The lowest BCUT2D eigenvalue weighted by Crippen LogP contribution is -2.37. The lowest BCUT2D eigenvalue weighted by atomic mass is 9.81. The summed E-state index contributed by atoms with van der Waals surface area (Å²) in [5, 5.41) is 9.62. The zero-order valence-corrected chi connectivity index (χ0v) is 6.74. The van der Waals surface area contributed by atoms with Crippen LogP contribution in [0.2, 0.25) is 0 Å². The molecule has 11 heavy (non-hydrogen) atoms. The fourth-order valence-corrected chi connectivity index (χ4v) is 1.15. The van der Waals surface area contributed by atoms with Gasteiger partial charge in [0.05, 0.1) is 0 Å². The summed E-state index contributed by atoms with van der Waals surface area (Å²) >= 11 is 0. The minimum absolute atomic E-state index is 0.106. The van der Waals surface area contributed by atoms with Crippen LogP contribution in [0.5, 0.6) is 0 Å². The predicted molar refractivity (Wildman–Crippen MR) is 43.1 cm³/mol. The highest BCUT2D eigenvalue weighted by atomic mass is 16.3. The molecular formula is C9H12O2. The average Bonchev–Trinajstić information content (AvgIpc) is 2.00. The van der Waals surface area contributed by atoms with Crippen LogP contribution in [0.3, 0.4) is 0 Å². The van der Waals surface area contributed by atoms with E-state index in [1.807, 2.05) is 19.9 Å². The van der Waals surface area contributed by atoms with Crippen molar-refractivity contribution in [2.45, 2.75) is 19.4 Å². The summed E-state index contributed by atoms with van der Waals surface area (Å²) in [6, 6.07) is 0. The Morgan fingerprint density at radius 3 is 2.82 bits per heavy atom. The van der Waals surface area contributed by atoms with E-state index < -0.39 is 5.60 Å². The number of allylic oxidation sites excluding steroid dienone is 2. The molecule has 0 spiro atoms. The predicted octanol–water partition coefficient (Wildman–Crippen LogP) is 1.07. The first-order valence-electron chi connectivity index (χ1n) is 3.65. The van der Waals surface area contributed by atoms with Gasteiger partial charge in [0.2, 0.25) is 0 Å². The smallest absolute Gasteiger partial charge is 0.156 e. The number of hydrogen-bond acceptors (Lipinski definition) is 2. The fourth-order valence-electron chi connectivity index (χ4n) is 1.15. The molecule has 0 saturated carbocycles. The number of aldehydes is 1. The van der Waals surface area contributed by atoms with Crippen LogP contribution >= 0.6 is 0 Å². The summed E-state index contributed by atoms with van der Waals surface area (Å²) in [7, 11) is 0. The van der Waals surface area contributed by atoms with Gasteiger partial charge >= 0.3 is 0 Å². The van der Waals surface area contributed by atoms with Crippen molar-refractivity contribution in [2.75, 3.05) is 0 Å². The van der Waals surface area contributed by atoms with Crippen molar-refractivity contribution in [3.8, 4) is 0 Å². The first-order chi connectivity index (χ1) is 5.10. The van der Waals surface area contributed by atoms with E-state index in [4.69, 9.17) is 0 Å². The summed E-state index contributed by atoms with van der Waals surface area (Å²) < 4.78 is 0. The molecule has 2 nitrogen and oxygen atoms in total. The third-order valence-electron chi connectivity index (χ3n) is 2.29. The summed E-state index contributed by atoms with van der Waals surface area (Å²) in [4.78, 5) is 10.5. The van der Waals surface area contributed by atoms with Gasteiger partial charge < -0.3 is 5.11 Å². The Kier molecular flexibility index (Phi) is 1.96. The van der Waals surface area contributed by atoms with Gasteiger partial charge in [0.15, 0.2) is 6.29 Å². The minimum Gasteiger partial charge on any atom is -0.378 e. The van der Waals surface area contributed by atoms with Crippen LogP contribution in [-0.4, -0.2) is 17.0 Å². The number of carbonyl (C=O) groups is 1. The molecule has 0 fully saturated rings. The number of carbonyl (C=O) groups excluding carboxylic acids is 1. The van der Waals surface area contributed by atoms with Gasteiger partial charge in [-0.05, 0) is 13.0 Å². The second-order valence-electron chi connectivity index (χ2n) is 3.00. The summed E-state index contributed by atoms with van der Waals surface area (Å²) in [6.45, 7) is 3.74. The second-order valence-corrected chi connectivity index (χ2v) is 3.00. The topological polar surface area (TPSA) is 37.3 Å². The number of hydrogen-bond donors (Lipinski definition) is 1. The van der Waals surface area contributed by atoms with Crippen LogP contribution in [0.25, 0.3) is 0 Å². The standard InChI is InChI=1S/C9H12O2/c1-7-4-3-5-9(11,6-10)8(7)2/h3-6,8,11H,1-2H3. The van der Waals surface area contributed by atoms with E-state index in [1.165, 1.54) is 6.08 Å². The molecule has 2 atom stereocenters. The van der Waals surface area contributed by atoms with Gasteiger partial charge in [-0.3, -0.25) is 4.79 Å². The third kappa shape index (κ3) is 1.26. The van der Waals surface area contributed by atoms with Gasteiger partial charge in [0.25, 0.3) is 0 Å². The molecule has 1 rings (SSSR count). The molecule has 1 aliphatic rings. The average molecular weight is 152 g/mol. The Hall–Kier alpha value is -0.890. The van der Waals surface area contributed by atoms with E-state index in [2.05, 4.69) is 0 Å². The van der Waals surface area contributed by atoms with Gasteiger partial charge in [-0.25, -0.2) is 0 Å². The summed E-state index contributed by atoms with van der Waals surface area (Å²) in [6.07, 6.45) is 5.73. The molecule has 0 aromatic carbocycles. The van der Waals surface area contributed by atoms with Crippen molar-refractivity contribution in [1.82, 2.24) is 0 Å². The summed E-state index contributed by atoms with van der Waals surface area (Å²) in [5.74, 6) is -0.106. The molecule has 2 unspecified atom stereocenters. The molecule has 0 radical (unpaired) electrons. The van der Waals surface area contributed by atoms with E-state index in [9.17, 15) is 9.90 Å². The molecule has 1 aliphatic carbocycles. The molecular weight excluding hydrogens is 140 g/mol. The third-order valence-corrected chi connectivity index (χ3v) is 2.29. The second kappa shape index (κ2) is 2.62. The van der Waals surface area contributed by atoms with Crippen molar-refractivity contribution in [2.24, 2.45) is 5.92 Å². The van der Waals surface area contributed by atoms with E-state index >= 15 is 0 Å². The van der Waals surface area contributed by atoms with Crippen LogP contribution in [0.4, 0.5) is 0 Å². The van der Waals surface area contributed by atoms with Gasteiger partial charge in [-0.2, -0.15) is 0 Å². The first-order valence-corrected chi connectivity index (χ1v) is 3.65. The van der Waals surface area contributed by atoms with Crippen LogP contribution in [0.15, 0.2) is 23.8 Å². The molecule has 1 N–H and O–H groups in total. The van der Waals surface area contributed by atoms with Crippen molar-refractivity contribution in [1.29, 1.82) is 0 Å². The molecule has 0 aliphatic heterocycles. The van der Waals surface area contributed by atoms with Crippen molar-refractivity contribution < 1.29 is 9.90 Å². The zero-order valence-electron chi connectivity index (χ0n) is 6.74. The maximum absolute atomic E-state index is 10.5. The van der Waals surface area contributed by atoms with E-state index in [-0.39, 0.29) is 5.92 Å². The van der Waals surface area contributed by atoms with Crippen molar-refractivity contribution >= 4 is 6.29 Å². The Balaban J connectivity index is 2.97. The van der Waals surface area contributed by atoms with Gasteiger partial charge in [0.1, 0.15) is 5.60 Å². The van der Waals surface area contributed by atoms with Crippen LogP contribution in [0, 0.1) is 5.92 Å². The SMILES string of the molecule is CC1=CC=CC(O)(C=O)C1C. The molecule has 0 heterocycles. The van der Waals surface area contributed by atoms with Crippen LogP contribution in [-0.2, 0) is 4.79 Å². The van der Waals surface area contributed by atoms with Gasteiger partial charge in [-0.1, -0.05) is 24.6 Å². The molecule has 0 aromatic heterocycles.